The molecule has 2 nitrogen and oxygen atoms in total. The second-order valence-electron chi connectivity index (χ2n) is 4.26. The zero-order valence-electron chi connectivity index (χ0n) is 10.9. The first-order valence-electron chi connectivity index (χ1n) is 6.15. The van der Waals surface area contributed by atoms with Crippen LogP contribution in [0.5, 0.6) is 5.75 Å². The first-order valence-corrected chi connectivity index (χ1v) is 8.82. The van der Waals surface area contributed by atoms with E-state index in [1.165, 1.54) is 0 Å². The van der Waals surface area contributed by atoms with Crippen LogP contribution in [0.3, 0.4) is 0 Å². The summed E-state index contributed by atoms with van der Waals surface area (Å²) in [4.78, 5) is 0. The second-order valence-corrected chi connectivity index (χ2v) is 7.19. The van der Waals surface area contributed by atoms with Gasteiger partial charge in [-0.15, -0.1) is 0 Å². The molecule has 0 heterocycles. The lowest BCUT2D eigenvalue weighted by Gasteiger charge is -2.17. The van der Waals surface area contributed by atoms with Gasteiger partial charge in [-0.1, -0.05) is 37.9 Å². The number of rotatable bonds is 4. The van der Waals surface area contributed by atoms with Crippen molar-refractivity contribution in [3.8, 4) is 5.75 Å². The molecular weight excluding hydrogens is 497 g/mol. The third-order valence-electron chi connectivity index (χ3n) is 2.91. The van der Waals surface area contributed by atoms with Crippen LogP contribution in [0.4, 0.5) is 0 Å². The fraction of sp³-hybridized carbons (Fsp3) is 0.200. The smallest absolute Gasteiger partial charge is 0.120 e. The van der Waals surface area contributed by atoms with Crippen LogP contribution in [-0.4, -0.2) is 6.61 Å². The summed E-state index contributed by atoms with van der Waals surface area (Å²) in [5.74, 6) is 0.847. The Balaban J connectivity index is 2.38. The fourth-order valence-electron chi connectivity index (χ4n) is 1.94. The van der Waals surface area contributed by atoms with Crippen molar-refractivity contribution in [2.45, 2.75) is 13.0 Å². The van der Waals surface area contributed by atoms with Gasteiger partial charge in [-0.25, -0.2) is 0 Å². The van der Waals surface area contributed by atoms with Crippen LogP contribution in [0.2, 0.25) is 0 Å². The monoisotopic (exact) mass is 509 g/mol. The highest BCUT2D eigenvalue weighted by Crippen LogP contribution is 2.33. The Kier molecular flexibility index (Phi) is 5.89. The molecule has 0 aliphatic carbocycles. The van der Waals surface area contributed by atoms with Crippen molar-refractivity contribution in [1.29, 1.82) is 0 Å². The number of halogens is 3. The van der Waals surface area contributed by atoms with E-state index in [2.05, 4.69) is 66.6 Å². The van der Waals surface area contributed by atoms with E-state index in [1.807, 2.05) is 31.2 Å². The van der Waals surface area contributed by atoms with Gasteiger partial charge < -0.3 is 10.5 Å². The molecule has 0 bridgehead atoms. The maximum Gasteiger partial charge on any atom is 0.120 e. The fourth-order valence-corrected chi connectivity index (χ4v) is 3.59. The van der Waals surface area contributed by atoms with E-state index in [4.69, 9.17) is 10.5 Å². The first-order chi connectivity index (χ1) is 9.52. The molecule has 2 aromatic rings. The SMILES string of the molecule is CCOc1ccc(C(N)c2cc(Br)ccc2I)c(Br)c1. The summed E-state index contributed by atoms with van der Waals surface area (Å²) in [5.41, 5.74) is 8.56. The molecular formula is C15H14Br2INO. The van der Waals surface area contributed by atoms with E-state index in [0.29, 0.717) is 6.61 Å². The molecule has 0 amide bonds. The Labute approximate surface area is 149 Å². The summed E-state index contributed by atoms with van der Waals surface area (Å²) in [7, 11) is 0. The molecule has 20 heavy (non-hydrogen) atoms. The number of ether oxygens (including phenoxy) is 1. The van der Waals surface area contributed by atoms with Gasteiger partial charge in [0.05, 0.1) is 12.6 Å². The maximum absolute atomic E-state index is 6.41. The van der Waals surface area contributed by atoms with E-state index in [9.17, 15) is 0 Å². The van der Waals surface area contributed by atoms with Crippen molar-refractivity contribution in [3.05, 3.63) is 60.0 Å². The normalized spacial score (nSPS) is 12.2. The van der Waals surface area contributed by atoms with Crippen LogP contribution in [0, 0.1) is 3.57 Å². The molecule has 0 radical (unpaired) electrons. The summed E-state index contributed by atoms with van der Waals surface area (Å²) >= 11 is 9.39. The quantitative estimate of drug-likeness (QED) is 0.569. The predicted octanol–water partition coefficient (Wildman–Crippen LogP) is 5.26. The van der Waals surface area contributed by atoms with Crippen molar-refractivity contribution in [2.75, 3.05) is 6.61 Å². The minimum atomic E-state index is -0.176. The Hall–Kier alpha value is -0.110. The first kappa shape index (κ1) is 16.3. The van der Waals surface area contributed by atoms with Gasteiger partial charge in [-0.3, -0.25) is 0 Å². The van der Waals surface area contributed by atoms with Crippen molar-refractivity contribution in [2.24, 2.45) is 5.73 Å². The number of hydrogen-bond acceptors (Lipinski definition) is 2. The Morgan fingerprint density at radius 1 is 1.15 bits per heavy atom. The average Bonchev–Trinajstić information content (AvgIpc) is 2.41. The molecule has 1 unspecified atom stereocenters. The molecule has 106 valence electrons. The zero-order valence-corrected chi connectivity index (χ0v) is 16.2. The van der Waals surface area contributed by atoms with Gasteiger partial charge in [0.15, 0.2) is 0 Å². The van der Waals surface area contributed by atoms with E-state index in [1.54, 1.807) is 0 Å². The van der Waals surface area contributed by atoms with Gasteiger partial charge in [0.1, 0.15) is 5.75 Å². The molecule has 0 spiro atoms. The minimum Gasteiger partial charge on any atom is -0.494 e. The third kappa shape index (κ3) is 3.75. The Morgan fingerprint density at radius 2 is 1.90 bits per heavy atom. The predicted molar refractivity (Wildman–Crippen MR) is 98.2 cm³/mol. The molecule has 0 saturated heterocycles. The van der Waals surface area contributed by atoms with Gasteiger partial charge in [0.2, 0.25) is 0 Å². The zero-order chi connectivity index (χ0) is 14.7. The van der Waals surface area contributed by atoms with E-state index in [-0.39, 0.29) is 6.04 Å². The molecule has 0 aromatic heterocycles. The molecule has 0 aliphatic heterocycles. The van der Waals surface area contributed by atoms with Gasteiger partial charge in [-0.2, -0.15) is 0 Å². The lowest BCUT2D eigenvalue weighted by atomic mass is 10.00. The summed E-state index contributed by atoms with van der Waals surface area (Å²) < 4.78 is 8.64. The summed E-state index contributed by atoms with van der Waals surface area (Å²) in [5, 5.41) is 0. The standard InChI is InChI=1S/C15H14Br2INO/c1-2-20-10-4-5-11(13(17)8-10)15(19)12-7-9(16)3-6-14(12)18/h3-8,15H,2,19H2,1H3. The van der Waals surface area contributed by atoms with E-state index in [0.717, 1.165) is 29.4 Å². The summed E-state index contributed by atoms with van der Waals surface area (Å²) in [6.07, 6.45) is 0. The molecule has 2 N–H and O–H groups in total. The number of hydrogen-bond donors (Lipinski definition) is 1. The summed E-state index contributed by atoms with van der Waals surface area (Å²) in [6.45, 7) is 2.62. The third-order valence-corrected chi connectivity index (χ3v) is 5.07. The number of benzene rings is 2. The maximum atomic E-state index is 6.41. The van der Waals surface area contributed by atoms with E-state index >= 15 is 0 Å². The largest absolute Gasteiger partial charge is 0.494 e. The molecule has 1 atom stereocenters. The molecule has 5 heteroatoms. The van der Waals surface area contributed by atoms with Crippen molar-refractivity contribution in [1.82, 2.24) is 0 Å². The minimum absolute atomic E-state index is 0.176. The molecule has 2 aromatic carbocycles. The van der Waals surface area contributed by atoms with Crippen LogP contribution < -0.4 is 10.5 Å². The molecule has 0 aliphatic rings. The van der Waals surface area contributed by atoms with Crippen LogP contribution in [0.15, 0.2) is 45.3 Å². The van der Waals surface area contributed by atoms with Crippen molar-refractivity contribution >= 4 is 54.5 Å². The topological polar surface area (TPSA) is 35.2 Å². The highest BCUT2D eigenvalue weighted by atomic mass is 127. The highest BCUT2D eigenvalue weighted by Gasteiger charge is 2.16. The number of nitrogens with two attached hydrogens (primary N) is 1. The van der Waals surface area contributed by atoms with Gasteiger partial charge in [0, 0.05) is 12.5 Å². The van der Waals surface area contributed by atoms with Gasteiger partial charge in [0.25, 0.3) is 0 Å². The summed E-state index contributed by atoms with van der Waals surface area (Å²) in [6, 6.07) is 11.9. The van der Waals surface area contributed by atoms with Gasteiger partial charge >= 0.3 is 0 Å². The van der Waals surface area contributed by atoms with Gasteiger partial charge in [-0.05, 0) is 71.0 Å². The second kappa shape index (κ2) is 7.24. The van der Waals surface area contributed by atoms with E-state index < -0.39 is 0 Å². The molecule has 0 fully saturated rings. The van der Waals surface area contributed by atoms with Crippen molar-refractivity contribution in [3.63, 3.8) is 0 Å². The lowest BCUT2D eigenvalue weighted by Crippen LogP contribution is -2.14. The highest BCUT2D eigenvalue weighted by molar-refractivity contribution is 14.1. The average molecular weight is 511 g/mol. The van der Waals surface area contributed by atoms with Crippen LogP contribution in [-0.2, 0) is 0 Å². The van der Waals surface area contributed by atoms with Crippen LogP contribution in [0.25, 0.3) is 0 Å². The van der Waals surface area contributed by atoms with Crippen molar-refractivity contribution < 1.29 is 4.74 Å². The molecule has 0 saturated carbocycles. The lowest BCUT2D eigenvalue weighted by molar-refractivity contribution is 0.340. The Bertz CT molecular complexity index is 619. The van der Waals surface area contributed by atoms with Crippen LogP contribution >= 0.6 is 54.5 Å². The van der Waals surface area contributed by atoms with Crippen LogP contribution in [0.1, 0.15) is 24.1 Å². The molecule has 2 rings (SSSR count). The Morgan fingerprint density at radius 3 is 2.55 bits per heavy atom.